The minimum absolute atomic E-state index is 0.0586. The maximum atomic E-state index is 13.0. The number of halogens is 3. The van der Waals surface area contributed by atoms with Crippen molar-refractivity contribution in [1.29, 1.82) is 0 Å². The predicted molar refractivity (Wildman–Crippen MR) is 50.0 cm³/mol. The van der Waals surface area contributed by atoms with Crippen LogP contribution < -0.4 is 0 Å². The zero-order chi connectivity index (χ0) is 11.0. The van der Waals surface area contributed by atoms with Gasteiger partial charge < -0.3 is 4.90 Å². The third-order valence-corrected chi connectivity index (χ3v) is 2.45. The molecule has 15 heavy (non-hydrogen) atoms. The quantitative estimate of drug-likeness (QED) is 0.690. The SMILES string of the molecule is O=C(c1cnc(Cl)c(F)c1)N1CC(F)C1. The number of alkyl halides is 1. The molecule has 0 N–H and O–H groups in total. The van der Waals surface area contributed by atoms with E-state index in [1.54, 1.807) is 0 Å². The first-order valence-electron chi connectivity index (χ1n) is 4.32. The van der Waals surface area contributed by atoms with Gasteiger partial charge in [0.05, 0.1) is 18.7 Å². The van der Waals surface area contributed by atoms with E-state index in [1.807, 2.05) is 0 Å². The zero-order valence-corrected chi connectivity index (χ0v) is 8.34. The van der Waals surface area contributed by atoms with E-state index in [0.717, 1.165) is 6.07 Å². The van der Waals surface area contributed by atoms with Crippen molar-refractivity contribution in [3.8, 4) is 0 Å². The van der Waals surface area contributed by atoms with E-state index < -0.39 is 17.9 Å². The third-order valence-electron chi connectivity index (χ3n) is 2.17. The zero-order valence-electron chi connectivity index (χ0n) is 7.58. The first-order valence-corrected chi connectivity index (χ1v) is 4.70. The van der Waals surface area contributed by atoms with Crippen molar-refractivity contribution >= 4 is 17.5 Å². The monoisotopic (exact) mass is 232 g/mol. The smallest absolute Gasteiger partial charge is 0.255 e. The highest BCUT2D eigenvalue weighted by Gasteiger charge is 2.31. The maximum Gasteiger partial charge on any atom is 0.255 e. The average Bonchev–Trinajstić information content (AvgIpc) is 2.16. The third kappa shape index (κ3) is 1.92. The first kappa shape index (κ1) is 10.3. The molecule has 0 radical (unpaired) electrons. The summed E-state index contributed by atoms with van der Waals surface area (Å²) >= 11 is 5.36. The second kappa shape index (κ2) is 3.73. The number of likely N-dealkylation sites (tertiary alicyclic amines) is 1. The summed E-state index contributed by atoms with van der Waals surface area (Å²) in [5, 5.41) is -0.279. The van der Waals surface area contributed by atoms with Crippen LogP contribution in [0.4, 0.5) is 8.78 Å². The van der Waals surface area contributed by atoms with Gasteiger partial charge in [0.2, 0.25) is 0 Å². The van der Waals surface area contributed by atoms with E-state index in [1.165, 1.54) is 11.1 Å². The fourth-order valence-electron chi connectivity index (χ4n) is 1.31. The Bertz CT molecular complexity index is 407. The first-order chi connectivity index (χ1) is 7.08. The normalized spacial score (nSPS) is 16.3. The maximum absolute atomic E-state index is 13.0. The number of hydrogen-bond acceptors (Lipinski definition) is 2. The molecule has 80 valence electrons. The van der Waals surface area contributed by atoms with Gasteiger partial charge in [0, 0.05) is 6.20 Å². The molecule has 2 rings (SSSR count). The average molecular weight is 233 g/mol. The number of carbonyl (C=O) groups excluding carboxylic acids is 1. The number of hydrogen-bond donors (Lipinski definition) is 0. The fraction of sp³-hybridized carbons (Fsp3) is 0.333. The van der Waals surface area contributed by atoms with Crippen molar-refractivity contribution in [1.82, 2.24) is 9.88 Å². The van der Waals surface area contributed by atoms with E-state index in [2.05, 4.69) is 4.98 Å². The van der Waals surface area contributed by atoms with Gasteiger partial charge >= 0.3 is 0 Å². The number of amides is 1. The molecular formula is C9H7ClF2N2O. The molecule has 3 nitrogen and oxygen atoms in total. The van der Waals surface area contributed by atoms with E-state index in [4.69, 9.17) is 11.6 Å². The molecule has 1 aliphatic rings. The van der Waals surface area contributed by atoms with E-state index in [-0.39, 0.29) is 23.8 Å². The van der Waals surface area contributed by atoms with Gasteiger partial charge in [-0.15, -0.1) is 0 Å². The van der Waals surface area contributed by atoms with Gasteiger partial charge in [-0.2, -0.15) is 0 Å². The molecule has 0 unspecified atom stereocenters. The summed E-state index contributed by atoms with van der Waals surface area (Å²) in [4.78, 5) is 16.3. The summed E-state index contributed by atoms with van der Waals surface area (Å²) < 4.78 is 25.4. The van der Waals surface area contributed by atoms with Crippen molar-refractivity contribution in [2.75, 3.05) is 13.1 Å². The van der Waals surface area contributed by atoms with Gasteiger partial charge in [-0.05, 0) is 6.07 Å². The Labute approximate surface area is 89.7 Å². The standard InChI is InChI=1S/C9H7ClF2N2O/c10-8-7(12)1-5(2-13-8)9(15)14-3-6(11)4-14/h1-2,6H,3-4H2. The van der Waals surface area contributed by atoms with Gasteiger partial charge in [0.1, 0.15) is 6.17 Å². The lowest BCUT2D eigenvalue weighted by molar-refractivity contribution is 0.0399. The summed E-state index contributed by atoms with van der Waals surface area (Å²) in [6.45, 7) is 0.117. The molecule has 2 heterocycles. The fourth-order valence-corrected chi connectivity index (χ4v) is 1.41. The Morgan fingerprint density at radius 2 is 2.27 bits per heavy atom. The van der Waals surface area contributed by atoms with Crippen LogP contribution in [0.5, 0.6) is 0 Å². The van der Waals surface area contributed by atoms with Crippen molar-refractivity contribution in [3.05, 3.63) is 28.8 Å². The Morgan fingerprint density at radius 1 is 1.60 bits per heavy atom. The summed E-state index contributed by atoms with van der Waals surface area (Å²) in [6.07, 6.45) is 0.207. The minimum Gasteiger partial charge on any atom is -0.333 e. The number of carbonyl (C=O) groups is 1. The van der Waals surface area contributed by atoms with Crippen molar-refractivity contribution in [2.24, 2.45) is 0 Å². The lowest BCUT2D eigenvalue weighted by atomic mass is 10.1. The van der Waals surface area contributed by atoms with Crippen molar-refractivity contribution in [3.63, 3.8) is 0 Å². The molecule has 0 bridgehead atoms. The Balaban J connectivity index is 2.16. The van der Waals surface area contributed by atoms with Crippen LogP contribution in [-0.2, 0) is 0 Å². The molecule has 1 amide bonds. The van der Waals surface area contributed by atoms with Gasteiger partial charge in [-0.1, -0.05) is 11.6 Å². The van der Waals surface area contributed by atoms with Crippen LogP contribution in [0.2, 0.25) is 5.15 Å². The van der Waals surface area contributed by atoms with Crippen LogP contribution in [0.3, 0.4) is 0 Å². The molecule has 1 aromatic heterocycles. The predicted octanol–water partition coefficient (Wildman–Crippen LogP) is 1.67. The number of pyridine rings is 1. The van der Waals surface area contributed by atoms with Crippen molar-refractivity contribution < 1.29 is 13.6 Å². The lowest BCUT2D eigenvalue weighted by Gasteiger charge is -2.34. The molecular weight excluding hydrogens is 226 g/mol. The lowest BCUT2D eigenvalue weighted by Crippen LogP contribution is -2.51. The Hall–Kier alpha value is -1.23. The van der Waals surface area contributed by atoms with E-state index >= 15 is 0 Å². The van der Waals surface area contributed by atoms with E-state index in [9.17, 15) is 13.6 Å². The van der Waals surface area contributed by atoms with Gasteiger partial charge in [-0.25, -0.2) is 13.8 Å². The van der Waals surface area contributed by atoms with Crippen molar-refractivity contribution in [2.45, 2.75) is 6.17 Å². The van der Waals surface area contributed by atoms with Gasteiger partial charge in [0.15, 0.2) is 11.0 Å². The molecule has 1 saturated heterocycles. The molecule has 0 aromatic carbocycles. The molecule has 1 fully saturated rings. The van der Waals surface area contributed by atoms with Crippen LogP contribution in [0.1, 0.15) is 10.4 Å². The number of nitrogens with zero attached hydrogens (tertiary/aromatic N) is 2. The van der Waals surface area contributed by atoms with E-state index in [0.29, 0.717) is 0 Å². The second-order valence-electron chi connectivity index (χ2n) is 3.30. The molecule has 0 aliphatic carbocycles. The highest BCUT2D eigenvalue weighted by atomic mass is 35.5. The van der Waals surface area contributed by atoms with Gasteiger partial charge in [0.25, 0.3) is 5.91 Å². The molecule has 0 spiro atoms. The summed E-state index contributed by atoms with van der Waals surface area (Å²) in [7, 11) is 0. The molecule has 0 atom stereocenters. The Kier molecular flexibility index (Phi) is 2.56. The summed E-state index contributed by atoms with van der Waals surface area (Å²) in [6, 6.07) is 1.00. The molecule has 0 saturated carbocycles. The van der Waals surface area contributed by atoms with Crippen LogP contribution >= 0.6 is 11.6 Å². The summed E-state index contributed by atoms with van der Waals surface area (Å²) in [5.41, 5.74) is 0.0869. The van der Waals surface area contributed by atoms with Gasteiger partial charge in [-0.3, -0.25) is 4.79 Å². The molecule has 1 aromatic rings. The van der Waals surface area contributed by atoms with Crippen LogP contribution in [0, 0.1) is 5.82 Å². The second-order valence-corrected chi connectivity index (χ2v) is 3.66. The number of rotatable bonds is 1. The number of aromatic nitrogens is 1. The highest BCUT2D eigenvalue weighted by molar-refractivity contribution is 6.29. The summed E-state index contributed by atoms with van der Waals surface area (Å²) in [5.74, 6) is -1.17. The largest absolute Gasteiger partial charge is 0.333 e. The van der Waals surface area contributed by atoms with Crippen LogP contribution in [-0.4, -0.2) is 35.1 Å². The topological polar surface area (TPSA) is 33.2 Å². The highest BCUT2D eigenvalue weighted by Crippen LogP contribution is 2.17. The molecule has 6 heteroatoms. The Morgan fingerprint density at radius 3 is 2.80 bits per heavy atom. The van der Waals surface area contributed by atoms with Crippen LogP contribution in [0.25, 0.3) is 0 Å². The minimum atomic E-state index is -0.973. The molecule has 1 aliphatic heterocycles. The van der Waals surface area contributed by atoms with Crippen LogP contribution in [0.15, 0.2) is 12.3 Å².